The smallest absolute Gasteiger partial charge is 0.192 e. The number of unbranched alkanes of at least 4 members (excludes halogenated alkanes) is 3. The van der Waals surface area contributed by atoms with Gasteiger partial charge in [0.05, 0.1) is 0 Å². The lowest BCUT2D eigenvalue weighted by Crippen LogP contribution is -2.09. The van der Waals surface area contributed by atoms with Gasteiger partial charge in [-0.2, -0.15) is 0 Å². The molecule has 0 aromatic heterocycles. The van der Waals surface area contributed by atoms with Crippen molar-refractivity contribution in [2.45, 2.75) is 52.6 Å². The maximum Gasteiger partial charge on any atom is 0.192 e. The van der Waals surface area contributed by atoms with Crippen LogP contribution < -0.4 is 9.47 Å². The monoisotopic (exact) mass is 354 g/mol. The molecular formula is C21H22O3S. The number of thiocarbonyl (C=S) groups is 1. The van der Waals surface area contributed by atoms with E-state index in [2.05, 4.69) is 13.8 Å². The number of hydrogen-bond acceptors (Lipinski definition) is 4. The second-order valence-electron chi connectivity index (χ2n) is 6.65. The maximum atomic E-state index is 6.28. The zero-order valence-corrected chi connectivity index (χ0v) is 15.5. The molecule has 4 heteroatoms. The molecule has 0 amide bonds. The van der Waals surface area contributed by atoms with Crippen molar-refractivity contribution in [3.63, 3.8) is 0 Å². The van der Waals surface area contributed by atoms with Gasteiger partial charge in [-0.3, -0.25) is 0 Å². The Kier molecular flexibility index (Phi) is 4.38. The minimum atomic E-state index is 0.528. The van der Waals surface area contributed by atoms with Gasteiger partial charge in [0.15, 0.2) is 28.0 Å². The minimum Gasteiger partial charge on any atom is -0.478 e. The van der Waals surface area contributed by atoms with Crippen molar-refractivity contribution in [2.24, 2.45) is 0 Å². The van der Waals surface area contributed by atoms with Crippen LogP contribution in [0.3, 0.4) is 0 Å². The maximum absolute atomic E-state index is 6.28. The van der Waals surface area contributed by atoms with Gasteiger partial charge >= 0.3 is 0 Å². The zero-order valence-electron chi connectivity index (χ0n) is 14.7. The average Bonchev–Trinajstić information content (AvgIpc) is 3.02. The van der Waals surface area contributed by atoms with Gasteiger partial charge < -0.3 is 14.2 Å². The summed E-state index contributed by atoms with van der Waals surface area (Å²) in [6, 6.07) is 7.80. The molecule has 130 valence electrons. The largest absolute Gasteiger partial charge is 0.478 e. The van der Waals surface area contributed by atoms with Crippen molar-refractivity contribution >= 4 is 17.3 Å². The van der Waals surface area contributed by atoms with Crippen LogP contribution in [-0.2, 0) is 17.8 Å². The van der Waals surface area contributed by atoms with Gasteiger partial charge in [-0.05, 0) is 44.1 Å². The van der Waals surface area contributed by atoms with Gasteiger partial charge in [-0.25, -0.2) is 0 Å². The highest BCUT2D eigenvalue weighted by Gasteiger charge is 2.33. The predicted molar refractivity (Wildman–Crippen MR) is 102 cm³/mol. The molecule has 0 aliphatic carbocycles. The van der Waals surface area contributed by atoms with Gasteiger partial charge in [0.25, 0.3) is 0 Å². The number of fused-ring (bicyclic) bond motifs is 3. The van der Waals surface area contributed by atoms with E-state index >= 15 is 0 Å². The quantitative estimate of drug-likeness (QED) is 0.401. The summed E-state index contributed by atoms with van der Waals surface area (Å²) in [5, 5.41) is 0.592. The number of ether oxygens (including phenoxy) is 3. The molecule has 0 N–H and O–H groups in total. The molecule has 0 unspecified atom stereocenters. The summed E-state index contributed by atoms with van der Waals surface area (Å²) in [4.78, 5) is 0. The Morgan fingerprint density at radius 3 is 2.44 bits per heavy atom. The Morgan fingerprint density at radius 1 is 1.00 bits per heavy atom. The first-order valence-corrected chi connectivity index (χ1v) is 9.41. The Morgan fingerprint density at radius 2 is 1.72 bits per heavy atom. The summed E-state index contributed by atoms with van der Waals surface area (Å²) in [6.07, 6.45) is 5.72. The molecule has 4 rings (SSSR count). The van der Waals surface area contributed by atoms with E-state index in [9.17, 15) is 0 Å². The topological polar surface area (TPSA) is 27.7 Å². The SMILES string of the molecule is CCCCCCc1c2c(c(C)c3c1C(=S)OC3)Oc1ccccc1O2. The standard InChI is InChI=1S/C21H22O3S/c1-3-4-5-6-9-14-18-15(12-22-21(18)25)13(2)19-20(14)24-17-11-8-7-10-16(17)23-19/h7-8,10-11H,3-6,9,12H2,1-2H3. The molecule has 0 spiro atoms. The van der Waals surface area contributed by atoms with Crippen LogP contribution in [0.1, 0.15) is 54.9 Å². The van der Waals surface area contributed by atoms with E-state index in [1.54, 1.807) is 0 Å². The van der Waals surface area contributed by atoms with Gasteiger partial charge in [0.2, 0.25) is 0 Å². The second-order valence-corrected chi connectivity index (χ2v) is 7.02. The van der Waals surface area contributed by atoms with E-state index in [4.69, 9.17) is 26.4 Å². The van der Waals surface area contributed by atoms with Gasteiger partial charge in [-0.15, -0.1) is 0 Å². The lowest BCUT2D eigenvalue weighted by atomic mass is 9.92. The zero-order chi connectivity index (χ0) is 17.4. The first kappa shape index (κ1) is 16.4. The fourth-order valence-electron chi connectivity index (χ4n) is 3.60. The number of hydrogen-bond donors (Lipinski definition) is 0. The summed E-state index contributed by atoms with van der Waals surface area (Å²) in [7, 11) is 0. The third-order valence-corrected chi connectivity index (χ3v) is 5.30. The van der Waals surface area contributed by atoms with Crippen LogP contribution in [0.25, 0.3) is 0 Å². The number of rotatable bonds is 5. The second kappa shape index (κ2) is 6.68. The van der Waals surface area contributed by atoms with Crippen LogP contribution in [0.2, 0.25) is 0 Å². The molecule has 2 aromatic rings. The molecule has 0 saturated carbocycles. The van der Waals surface area contributed by atoms with Crippen LogP contribution in [0.15, 0.2) is 24.3 Å². The highest BCUT2D eigenvalue weighted by Crippen LogP contribution is 2.52. The van der Waals surface area contributed by atoms with Crippen LogP contribution in [0.4, 0.5) is 0 Å². The molecule has 2 aliphatic rings. The summed E-state index contributed by atoms with van der Waals surface area (Å²) in [5.41, 5.74) is 4.42. The van der Waals surface area contributed by atoms with Crippen molar-refractivity contribution in [1.82, 2.24) is 0 Å². The minimum absolute atomic E-state index is 0.528. The van der Waals surface area contributed by atoms with Crippen molar-refractivity contribution in [2.75, 3.05) is 0 Å². The Balaban J connectivity index is 1.80. The fourth-order valence-corrected chi connectivity index (χ4v) is 3.91. The van der Waals surface area contributed by atoms with Crippen molar-refractivity contribution in [3.8, 4) is 23.0 Å². The van der Waals surface area contributed by atoms with Gasteiger partial charge in [-0.1, -0.05) is 38.3 Å². The molecule has 0 atom stereocenters. The van der Waals surface area contributed by atoms with E-state index in [1.807, 2.05) is 24.3 Å². The van der Waals surface area contributed by atoms with Crippen LogP contribution in [0, 0.1) is 6.92 Å². The molecular weight excluding hydrogens is 332 g/mol. The highest BCUT2D eigenvalue weighted by molar-refractivity contribution is 7.80. The molecule has 0 radical (unpaired) electrons. The Labute approximate surface area is 153 Å². The first-order chi connectivity index (χ1) is 12.2. The molecule has 2 heterocycles. The van der Waals surface area contributed by atoms with E-state index in [-0.39, 0.29) is 0 Å². The predicted octanol–water partition coefficient (Wildman–Crippen LogP) is 6.22. The fraction of sp³-hybridized carbons (Fsp3) is 0.381. The lowest BCUT2D eigenvalue weighted by Gasteiger charge is -2.26. The summed E-state index contributed by atoms with van der Waals surface area (Å²) in [5.74, 6) is 3.15. The van der Waals surface area contributed by atoms with E-state index < -0.39 is 0 Å². The molecule has 25 heavy (non-hydrogen) atoms. The Hall–Kier alpha value is -2.07. The normalized spacial score (nSPS) is 14.1. The van der Waals surface area contributed by atoms with Crippen molar-refractivity contribution in [1.29, 1.82) is 0 Å². The number of para-hydroxylation sites is 2. The summed E-state index contributed by atoms with van der Waals surface area (Å²) >= 11 is 5.49. The van der Waals surface area contributed by atoms with Crippen molar-refractivity contribution in [3.05, 3.63) is 46.5 Å². The average molecular weight is 354 g/mol. The molecule has 0 bridgehead atoms. The number of benzene rings is 2. The van der Waals surface area contributed by atoms with Crippen LogP contribution >= 0.6 is 12.2 Å². The third-order valence-electron chi connectivity index (χ3n) is 4.98. The molecule has 2 aromatic carbocycles. The van der Waals surface area contributed by atoms with Crippen LogP contribution in [0.5, 0.6) is 23.0 Å². The lowest BCUT2D eigenvalue weighted by molar-refractivity contribution is 0.318. The first-order valence-electron chi connectivity index (χ1n) is 9.00. The van der Waals surface area contributed by atoms with Gasteiger partial charge in [0.1, 0.15) is 6.61 Å². The molecule has 0 fully saturated rings. The van der Waals surface area contributed by atoms with Crippen molar-refractivity contribution < 1.29 is 14.2 Å². The molecule has 3 nitrogen and oxygen atoms in total. The van der Waals surface area contributed by atoms with Gasteiger partial charge in [0, 0.05) is 22.3 Å². The summed E-state index contributed by atoms with van der Waals surface area (Å²) in [6.45, 7) is 4.82. The Bertz CT molecular complexity index is 842. The molecule has 2 aliphatic heterocycles. The van der Waals surface area contributed by atoms with E-state index in [0.717, 1.165) is 58.1 Å². The third kappa shape index (κ3) is 2.78. The summed E-state index contributed by atoms with van der Waals surface area (Å²) < 4.78 is 18.2. The highest BCUT2D eigenvalue weighted by atomic mass is 32.1. The van der Waals surface area contributed by atoms with E-state index in [1.165, 1.54) is 19.3 Å². The van der Waals surface area contributed by atoms with Crippen LogP contribution in [-0.4, -0.2) is 5.05 Å². The molecule has 0 saturated heterocycles. The van der Waals surface area contributed by atoms with E-state index in [0.29, 0.717) is 11.7 Å².